The molecule has 0 aliphatic carbocycles. The molecule has 144 valence electrons. The standard InChI is InChI=1S/C22H23N3O3/c1-2-6-16(7-3-1)22-23-21(28-24-22)15-25-11-4-8-18(25)17-9-10-19-20(14-17)27-13-5-12-26-19/h1-3,6-7,9-10,14,18H,4-5,8,11-13,15H2/p+1/t18-/m0/s1. The molecule has 6 nitrogen and oxygen atoms in total. The molecule has 2 aromatic carbocycles. The zero-order valence-electron chi connectivity index (χ0n) is 15.8. The van der Waals surface area contributed by atoms with E-state index in [0.717, 1.165) is 43.0 Å². The number of nitrogens with one attached hydrogen (secondary N) is 1. The lowest BCUT2D eigenvalue weighted by atomic mass is 10.0. The van der Waals surface area contributed by atoms with Gasteiger partial charge in [-0.2, -0.15) is 4.98 Å². The molecule has 1 saturated heterocycles. The Kier molecular flexibility index (Phi) is 4.71. The van der Waals surface area contributed by atoms with Crippen LogP contribution in [-0.4, -0.2) is 29.9 Å². The van der Waals surface area contributed by atoms with Gasteiger partial charge in [0.15, 0.2) is 18.0 Å². The molecule has 1 aromatic heterocycles. The van der Waals surface area contributed by atoms with Crippen LogP contribution in [0, 0.1) is 0 Å². The van der Waals surface area contributed by atoms with Gasteiger partial charge in [0.05, 0.1) is 19.8 Å². The summed E-state index contributed by atoms with van der Waals surface area (Å²) in [6.07, 6.45) is 3.26. The van der Waals surface area contributed by atoms with Crippen LogP contribution in [0.2, 0.25) is 0 Å². The molecule has 0 bridgehead atoms. The van der Waals surface area contributed by atoms with Crippen LogP contribution < -0.4 is 14.4 Å². The van der Waals surface area contributed by atoms with E-state index in [9.17, 15) is 0 Å². The molecule has 2 aliphatic heterocycles. The molecule has 1 fully saturated rings. The largest absolute Gasteiger partial charge is 0.490 e. The van der Waals surface area contributed by atoms with Gasteiger partial charge in [0.25, 0.3) is 5.89 Å². The Morgan fingerprint density at radius 3 is 2.71 bits per heavy atom. The molecule has 0 saturated carbocycles. The maximum Gasteiger partial charge on any atom is 0.282 e. The van der Waals surface area contributed by atoms with E-state index in [1.807, 2.05) is 36.4 Å². The Bertz CT molecular complexity index is 941. The van der Waals surface area contributed by atoms with E-state index in [2.05, 4.69) is 22.3 Å². The Balaban J connectivity index is 1.34. The van der Waals surface area contributed by atoms with E-state index in [1.54, 1.807) is 0 Å². The monoisotopic (exact) mass is 378 g/mol. The quantitative estimate of drug-likeness (QED) is 0.756. The van der Waals surface area contributed by atoms with Gasteiger partial charge in [-0.25, -0.2) is 0 Å². The molecule has 1 unspecified atom stereocenters. The first-order chi connectivity index (χ1) is 13.9. The average Bonchev–Trinajstić information content (AvgIpc) is 3.33. The zero-order chi connectivity index (χ0) is 18.8. The summed E-state index contributed by atoms with van der Waals surface area (Å²) < 4.78 is 17.2. The summed E-state index contributed by atoms with van der Waals surface area (Å²) in [4.78, 5) is 6.07. The van der Waals surface area contributed by atoms with Gasteiger partial charge in [0, 0.05) is 30.4 Å². The van der Waals surface area contributed by atoms with Crippen LogP contribution in [0.5, 0.6) is 11.5 Å². The van der Waals surface area contributed by atoms with Crippen molar-refractivity contribution in [3.05, 3.63) is 60.0 Å². The molecular formula is C22H24N3O3+. The third kappa shape index (κ3) is 3.47. The first-order valence-electron chi connectivity index (χ1n) is 9.99. The van der Waals surface area contributed by atoms with E-state index in [-0.39, 0.29) is 0 Å². The summed E-state index contributed by atoms with van der Waals surface area (Å²) in [5.74, 6) is 3.06. The van der Waals surface area contributed by atoms with Gasteiger partial charge in [0.1, 0.15) is 6.04 Å². The molecule has 5 rings (SSSR count). The molecule has 0 spiro atoms. The van der Waals surface area contributed by atoms with Crippen LogP contribution in [0.15, 0.2) is 53.1 Å². The van der Waals surface area contributed by atoms with Crippen molar-refractivity contribution in [1.82, 2.24) is 10.1 Å². The molecule has 3 aromatic rings. The first-order valence-corrected chi connectivity index (χ1v) is 9.99. The van der Waals surface area contributed by atoms with Crippen molar-refractivity contribution in [2.45, 2.75) is 31.8 Å². The van der Waals surface area contributed by atoms with Crippen LogP contribution in [0.3, 0.4) is 0 Å². The number of hydrogen-bond donors (Lipinski definition) is 1. The van der Waals surface area contributed by atoms with Crippen molar-refractivity contribution >= 4 is 0 Å². The Morgan fingerprint density at radius 1 is 0.964 bits per heavy atom. The number of hydrogen-bond acceptors (Lipinski definition) is 5. The van der Waals surface area contributed by atoms with Gasteiger partial charge in [-0.1, -0.05) is 35.5 Å². The van der Waals surface area contributed by atoms with Crippen molar-refractivity contribution in [3.63, 3.8) is 0 Å². The molecule has 2 aliphatic rings. The van der Waals surface area contributed by atoms with Crippen LogP contribution >= 0.6 is 0 Å². The maximum absolute atomic E-state index is 5.88. The minimum Gasteiger partial charge on any atom is -0.490 e. The Morgan fingerprint density at radius 2 is 1.82 bits per heavy atom. The van der Waals surface area contributed by atoms with Crippen LogP contribution in [0.1, 0.15) is 36.8 Å². The van der Waals surface area contributed by atoms with E-state index in [4.69, 9.17) is 14.0 Å². The molecular weight excluding hydrogens is 354 g/mol. The molecule has 1 N–H and O–H groups in total. The molecule has 0 amide bonds. The Labute approximate surface area is 164 Å². The summed E-state index contributed by atoms with van der Waals surface area (Å²) >= 11 is 0. The number of aromatic nitrogens is 2. The van der Waals surface area contributed by atoms with Crippen molar-refractivity contribution in [2.75, 3.05) is 19.8 Å². The third-order valence-electron chi connectivity index (χ3n) is 5.54. The first kappa shape index (κ1) is 17.3. The second-order valence-corrected chi connectivity index (χ2v) is 7.41. The van der Waals surface area contributed by atoms with Gasteiger partial charge in [-0.15, -0.1) is 0 Å². The number of likely N-dealkylation sites (tertiary alicyclic amines) is 1. The molecule has 0 radical (unpaired) electrons. The highest BCUT2D eigenvalue weighted by Gasteiger charge is 2.32. The van der Waals surface area contributed by atoms with Crippen molar-refractivity contribution in [2.24, 2.45) is 0 Å². The zero-order valence-corrected chi connectivity index (χ0v) is 15.8. The van der Waals surface area contributed by atoms with Gasteiger partial charge >= 0.3 is 0 Å². The minimum atomic E-state index is 0.407. The normalized spacial score (nSPS) is 21.4. The second-order valence-electron chi connectivity index (χ2n) is 7.41. The molecule has 2 atom stereocenters. The fourth-order valence-corrected chi connectivity index (χ4v) is 4.15. The number of quaternary nitrogens is 1. The van der Waals surface area contributed by atoms with E-state index in [1.165, 1.54) is 16.9 Å². The number of ether oxygens (including phenoxy) is 2. The summed E-state index contributed by atoms with van der Waals surface area (Å²) in [7, 11) is 0. The summed E-state index contributed by atoms with van der Waals surface area (Å²) in [6, 6.07) is 16.7. The average molecular weight is 378 g/mol. The highest BCUT2D eigenvalue weighted by atomic mass is 16.5. The lowest BCUT2D eigenvalue weighted by molar-refractivity contribution is -0.933. The smallest absolute Gasteiger partial charge is 0.282 e. The van der Waals surface area contributed by atoms with E-state index >= 15 is 0 Å². The maximum atomic E-state index is 5.88. The highest BCUT2D eigenvalue weighted by molar-refractivity contribution is 5.53. The Hall–Kier alpha value is -2.86. The van der Waals surface area contributed by atoms with Gasteiger partial charge in [-0.3, -0.25) is 0 Å². The lowest BCUT2D eigenvalue weighted by Crippen LogP contribution is -3.09. The van der Waals surface area contributed by atoms with Crippen LogP contribution in [0.25, 0.3) is 11.4 Å². The van der Waals surface area contributed by atoms with Gasteiger partial charge in [-0.05, 0) is 18.2 Å². The van der Waals surface area contributed by atoms with E-state index < -0.39 is 0 Å². The van der Waals surface area contributed by atoms with Gasteiger partial charge in [0.2, 0.25) is 5.82 Å². The topological polar surface area (TPSA) is 61.8 Å². The third-order valence-corrected chi connectivity index (χ3v) is 5.54. The predicted molar refractivity (Wildman–Crippen MR) is 103 cm³/mol. The predicted octanol–water partition coefficient (Wildman–Crippen LogP) is 2.82. The van der Waals surface area contributed by atoms with Crippen LogP contribution in [-0.2, 0) is 6.54 Å². The summed E-state index contributed by atoms with van der Waals surface area (Å²) in [5.41, 5.74) is 2.27. The molecule has 3 heterocycles. The minimum absolute atomic E-state index is 0.407. The number of fused-ring (bicyclic) bond motifs is 1. The number of benzene rings is 2. The highest BCUT2D eigenvalue weighted by Crippen LogP contribution is 2.33. The lowest BCUT2D eigenvalue weighted by Gasteiger charge is -2.21. The van der Waals surface area contributed by atoms with Crippen molar-refractivity contribution < 1.29 is 18.9 Å². The molecule has 28 heavy (non-hydrogen) atoms. The molecule has 6 heteroatoms. The van der Waals surface area contributed by atoms with Gasteiger partial charge < -0.3 is 18.9 Å². The fourth-order valence-electron chi connectivity index (χ4n) is 4.15. The summed E-state index contributed by atoms with van der Waals surface area (Å²) in [6.45, 7) is 3.26. The van der Waals surface area contributed by atoms with Crippen molar-refractivity contribution in [3.8, 4) is 22.9 Å². The SMILES string of the molecule is c1ccc(-c2noc(C[NH+]3CCC[C@H]3c3ccc4c(c3)OCCCO4)n2)cc1. The number of rotatable bonds is 4. The van der Waals surface area contributed by atoms with E-state index in [0.29, 0.717) is 31.0 Å². The van der Waals surface area contributed by atoms with Crippen molar-refractivity contribution in [1.29, 1.82) is 0 Å². The fraction of sp³-hybridized carbons (Fsp3) is 0.364. The number of nitrogens with zero attached hydrogens (tertiary/aromatic N) is 2. The van der Waals surface area contributed by atoms with Crippen LogP contribution in [0.4, 0.5) is 0 Å². The summed E-state index contributed by atoms with van der Waals surface area (Å²) in [5, 5.41) is 4.16. The second kappa shape index (κ2) is 7.64.